The Morgan fingerprint density at radius 3 is 2.63 bits per heavy atom. The Labute approximate surface area is 216 Å². The van der Waals surface area contributed by atoms with Crippen LogP contribution in [0.3, 0.4) is 0 Å². The summed E-state index contributed by atoms with van der Waals surface area (Å²) in [7, 11) is 0. The quantitative estimate of drug-likeness (QED) is 0.396. The van der Waals surface area contributed by atoms with Gasteiger partial charge in [0.05, 0.1) is 40.1 Å². The summed E-state index contributed by atoms with van der Waals surface area (Å²) in [5.41, 5.74) is -0.527. The van der Waals surface area contributed by atoms with E-state index in [0.29, 0.717) is 22.5 Å². The molecule has 38 heavy (non-hydrogen) atoms. The second-order valence-electron chi connectivity index (χ2n) is 11.3. The largest absolute Gasteiger partial charge is 0.458 e. The second kappa shape index (κ2) is 7.83. The van der Waals surface area contributed by atoms with Crippen LogP contribution in [-0.4, -0.2) is 36.9 Å². The summed E-state index contributed by atoms with van der Waals surface area (Å²) in [6.07, 6.45) is 5.40. The first kappa shape index (κ1) is 23.7. The number of pyridine rings is 3. The van der Waals surface area contributed by atoms with E-state index in [1.54, 1.807) is 13.0 Å². The fraction of sp³-hybridized carbons (Fsp3) is 0.500. The molecule has 0 aromatic carbocycles. The molecule has 1 atom stereocenters. The zero-order valence-electron chi connectivity index (χ0n) is 21.1. The molecule has 5 heterocycles. The van der Waals surface area contributed by atoms with E-state index in [4.69, 9.17) is 4.74 Å². The van der Waals surface area contributed by atoms with E-state index >= 15 is 0 Å². The van der Waals surface area contributed by atoms with Crippen LogP contribution in [0.5, 0.6) is 0 Å². The molecule has 3 aromatic rings. The molecule has 1 spiro atoms. The molecule has 10 heteroatoms. The number of carbonyl (C=O) groups is 1. The van der Waals surface area contributed by atoms with E-state index < -0.39 is 28.4 Å². The molecule has 0 bridgehead atoms. The van der Waals surface area contributed by atoms with Gasteiger partial charge in [-0.1, -0.05) is 13.3 Å². The summed E-state index contributed by atoms with van der Waals surface area (Å²) >= 11 is 0. The normalized spacial score (nSPS) is 23.0. The molecule has 7 rings (SSSR count). The van der Waals surface area contributed by atoms with Crippen molar-refractivity contribution >= 4 is 17.0 Å². The first-order chi connectivity index (χ1) is 18.2. The maximum Gasteiger partial charge on any atom is 0.343 e. The van der Waals surface area contributed by atoms with Crippen LogP contribution in [0.25, 0.3) is 22.3 Å². The second-order valence-corrected chi connectivity index (χ2v) is 11.3. The lowest BCUT2D eigenvalue weighted by Gasteiger charge is -2.55. The summed E-state index contributed by atoms with van der Waals surface area (Å²) in [6.45, 7) is 1.23. The van der Waals surface area contributed by atoms with Crippen molar-refractivity contribution in [2.24, 2.45) is 5.41 Å². The number of hydrogen-bond donors (Lipinski definition) is 2. The van der Waals surface area contributed by atoms with Crippen LogP contribution < -0.4 is 11.0 Å². The van der Waals surface area contributed by atoms with Gasteiger partial charge in [-0.3, -0.25) is 9.59 Å². The third-order valence-corrected chi connectivity index (χ3v) is 9.38. The highest BCUT2D eigenvalue weighted by molar-refractivity contribution is 5.86. The number of aromatic nitrogens is 3. The number of halogens is 1. The lowest BCUT2D eigenvalue weighted by molar-refractivity contribution is -0.172. The van der Waals surface area contributed by atoms with Crippen LogP contribution in [0.15, 0.2) is 21.7 Å². The fourth-order valence-electron chi connectivity index (χ4n) is 7.10. The highest BCUT2D eigenvalue weighted by Gasteiger charge is 2.50. The highest BCUT2D eigenvalue weighted by atomic mass is 19.1. The molecular weight excluding hydrogens is 493 g/mol. The Morgan fingerprint density at radius 1 is 1.21 bits per heavy atom. The van der Waals surface area contributed by atoms with E-state index in [9.17, 15) is 29.0 Å². The standard InChI is InChI=1S/C28H28FN3O6/c1-2-28(37)17-9-20-22-21(12-31(20)25(35)16(17)13-38-26(28)36)32(14-10-27(11-14)5-3-6-27)24-15(23(22)34)8-18(29)19(30-24)4-7-33/h8-9,14,33,37H,2-7,10-13H2,1H3/t28-/m0/s1. The minimum Gasteiger partial charge on any atom is -0.458 e. The van der Waals surface area contributed by atoms with Crippen molar-refractivity contribution in [2.75, 3.05) is 6.61 Å². The maximum atomic E-state index is 15.0. The molecule has 0 saturated heterocycles. The van der Waals surface area contributed by atoms with E-state index in [2.05, 4.69) is 4.98 Å². The molecular formula is C28H28FN3O6. The van der Waals surface area contributed by atoms with E-state index in [-0.39, 0.29) is 66.4 Å². The van der Waals surface area contributed by atoms with Crippen molar-refractivity contribution in [3.63, 3.8) is 0 Å². The molecule has 0 amide bonds. The first-order valence-electron chi connectivity index (χ1n) is 13.3. The number of cyclic esters (lactones) is 1. The van der Waals surface area contributed by atoms with Gasteiger partial charge >= 0.3 is 5.97 Å². The topological polar surface area (TPSA) is 124 Å². The van der Waals surface area contributed by atoms with E-state index in [1.165, 1.54) is 17.1 Å². The van der Waals surface area contributed by atoms with Crippen LogP contribution >= 0.6 is 0 Å². The van der Waals surface area contributed by atoms with Crippen LogP contribution in [0.4, 0.5) is 4.39 Å². The lowest BCUT2D eigenvalue weighted by Crippen LogP contribution is -2.44. The minimum absolute atomic E-state index is 0.00343. The molecule has 2 N–H and O–H groups in total. The van der Waals surface area contributed by atoms with Crippen LogP contribution in [0.2, 0.25) is 0 Å². The van der Waals surface area contributed by atoms with Gasteiger partial charge in [0, 0.05) is 24.6 Å². The summed E-state index contributed by atoms with van der Waals surface area (Å²) in [5, 5.41) is 20.7. The van der Waals surface area contributed by atoms with Crippen molar-refractivity contribution in [1.29, 1.82) is 0 Å². The van der Waals surface area contributed by atoms with Gasteiger partial charge in [-0.05, 0) is 49.7 Å². The number of fused-ring (bicyclic) bond motifs is 5. The van der Waals surface area contributed by atoms with Crippen molar-refractivity contribution in [2.45, 2.75) is 76.7 Å². The Kier molecular flexibility index (Phi) is 4.89. The van der Waals surface area contributed by atoms with Gasteiger partial charge in [-0.15, -0.1) is 0 Å². The molecule has 198 valence electrons. The number of hydrogen-bond acceptors (Lipinski definition) is 7. The molecule has 2 saturated carbocycles. The monoisotopic (exact) mass is 521 g/mol. The third kappa shape index (κ3) is 2.93. The molecule has 4 aliphatic rings. The predicted molar refractivity (Wildman–Crippen MR) is 134 cm³/mol. The van der Waals surface area contributed by atoms with Gasteiger partial charge < -0.3 is 24.1 Å². The SMILES string of the molecule is CC[C@@]1(O)C(=O)OCc2c1cc1n(c2=O)Cc2c-1c(=O)c1cc(F)c(CCO)nc1n2C1CC2(CCC2)C1. The van der Waals surface area contributed by atoms with Crippen molar-refractivity contribution in [1.82, 2.24) is 14.1 Å². The van der Waals surface area contributed by atoms with Crippen LogP contribution in [0.1, 0.15) is 74.0 Å². The predicted octanol–water partition coefficient (Wildman–Crippen LogP) is 2.42. The number of esters is 1. The van der Waals surface area contributed by atoms with Gasteiger partial charge in [-0.25, -0.2) is 14.2 Å². The zero-order valence-corrected chi connectivity index (χ0v) is 21.1. The minimum atomic E-state index is -1.99. The van der Waals surface area contributed by atoms with Gasteiger partial charge in [0.15, 0.2) is 5.60 Å². The Bertz CT molecular complexity index is 1680. The summed E-state index contributed by atoms with van der Waals surface area (Å²) < 4.78 is 23.6. The molecule has 0 unspecified atom stereocenters. The Balaban J connectivity index is 1.51. The molecule has 9 nitrogen and oxygen atoms in total. The first-order valence-corrected chi connectivity index (χ1v) is 13.3. The van der Waals surface area contributed by atoms with Gasteiger partial charge in [0.2, 0.25) is 5.43 Å². The lowest BCUT2D eigenvalue weighted by atomic mass is 9.54. The smallest absolute Gasteiger partial charge is 0.343 e. The van der Waals surface area contributed by atoms with Crippen LogP contribution in [-0.2, 0) is 34.7 Å². The summed E-state index contributed by atoms with van der Waals surface area (Å²) in [5.74, 6) is -1.49. The number of ether oxygens (including phenoxy) is 1. The zero-order chi connectivity index (χ0) is 26.6. The fourth-order valence-corrected chi connectivity index (χ4v) is 7.10. The van der Waals surface area contributed by atoms with Crippen LogP contribution in [0, 0.1) is 11.2 Å². The summed E-state index contributed by atoms with van der Waals surface area (Å²) in [6, 6.07) is 2.79. The average Bonchev–Trinajstić information content (AvgIpc) is 3.23. The number of rotatable bonds is 4. The molecule has 0 radical (unpaired) electrons. The average molecular weight is 522 g/mol. The molecule has 2 fully saturated rings. The van der Waals surface area contributed by atoms with E-state index in [0.717, 1.165) is 25.7 Å². The Morgan fingerprint density at radius 2 is 1.97 bits per heavy atom. The van der Waals surface area contributed by atoms with Gasteiger partial charge in [0.25, 0.3) is 5.56 Å². The maximum absolute atomic E-state index is 15.0. The highest BCUT2D eigenvalue weighted by Crippen LogP contribution is 2.61. The van der Waals surface area contributed by atoms with Crippen molar-refractivity contribution < 1.29 is 24.1 Å². The molecule has 2 aliphatic carbocycles. The van der Waals surface area contributed by atoms with Gasteiger partial charge in [0.1, 0.15) is 18.1 Å². The van der Waals surface area contributed by atoms with E-state index in [1.807, 2.05) is 4.57 Å². The molecule has 2 aliphatic heterocycles. The van der Waals surface area contributed by atoms with Gasteiger partial charge in [-0.2, -0.15) is 0 Å². The Hall–Kier alpha value is -3.37. The third-order valence-electron chi connectivity index (χ3n) is 9.38. The van der Waals surface area contributed by atoms with Crippen molar-refractivity contribution in [3.8, 4) is 11.3 Å². The number of aliphatic hydroxyl groups is 2. The van der Waals surface area contributed by atoms with Crippen molar-refractivity contribution in [3.05, 3.63) is 61.0 Å². The number of nitrogens with zero attached hydrogens (tertiary/aromatic N) is 3. The molecule has 3 aromatic heterocycles. The number of aliphatic hydroxyl groups excluding tert-OH is 1. The number of carbonyl (C=O) groups excluding carboxylic acids is 1. The summed E-state index contributed by atoms with van der Waals surface area (Å²) in [4.78, 5) is 44.6.